The van der Waals surface area contributed by atoms with E-state index in [9.17, 15) is 0 Å². The molecule has 0 aromatic carbocycles. The van der Waals surface area contributed by atoms with Crippen molar-refractivity contribution in [2.24, 2.45) is 11.7 Å². The quantitative estimate of drug-likeness (QED) is 0.750. The Kier molecular flexibility index (Phi) is 4.39. The number of nitrogens with zero attached hydrogens (tertiary/aromatic N) is 1. The highest BCUT2D eigenvalue weighted by molar-refractivity contribution is 4.84. The van der Waals surface area contributed by atoms with Crippen molar-refractivity contribution in [2.75, 3.05) is 19.6 Å². The van der Waals surface area contributed by atoms with Gasteiger partial charge < -0.3 is 10.6 Å². The monoisotopic (exact) mass is 198 g/mol. The summed E-state index contributed by atoms with van der Waals surface area (Å²) in [4.78, 5) is 2.54. The van der Waals surface area contributed by atoms with Crippen LogP contribution in [0.5, 0.6) is 0 Å². The molecule has 0 aliphatic carbocycles. The third-order valence-corrected chi connectivity index (χ3v) is 3.28. The van der Waals surface area contributed by atoms with Gasteiger partial charge in [-0.25, -0.2) is 0 Å². The molecule has 1 fully saturated rings. The Morgan fingerprint density at radius 2 is 1.93 bits per heavy atom. The van der Waals surface area contributed by atoms with Gasteiger partial charge in [0.05, 0.1) is 0 Å². The second-order valence-electron chi connectivity index (χ2n) is 5.36. The van der Waals surface area contributed by atoms with Crippen molar-refractivity contribution in [2.45, 2.75) is 52.0 Å². The summed E-state index contributed by atoms with van der Waals surface area (Å²) in [5.74, 6) is 0.918. The zero-order valence-electron chi connectivity index (χ0n) is 10.1. The van der Waals surface area contributed by atoms with Crippen molar-refractivity contribution < 1.29 is 0 Å². The third kappa shape index (κ3) is 3.97. The molecule has 2 N–H and O–H groups in total. The second kappa shape index (κ2) is 5.13. The highest BCUT2D eigenvalue weighted by Gasteiger charge is 2.23. The largest absolute Gasteiger partial charge is 0.324 e. The van der Waals surface area contributed by atoms with Crippen LogP contribution in [0.1, 0.15) is 46.5 Å². The maximum absolute atomic E-state index is 6.25. The van der Waals surface area contributed by atoms with Crippen LogP contribution in [0.4, 0.5) is 0 Å². The molecule has 0 aromatic heterocycles. The molecule has 0 bridgehead atoms. The molecule has 0 radical (unpaired) electrons. The van der Waals surface area contributed by atoms with Gasteiger partial charge in [-0.1, -0.05) is 20.3 Å². The summed E-state index contributed by atoms with van der Waals surface area (Å²) < 4.78 is 0. The van der Waals surface area contributed by atoms with E-state index in [4.69, 9.17) is 5.73 Å². The van der Waals surface area contributed by atoms with Crippen LogP contribution >= 0.6 is 0 Å². The van der Waals surface area contributed by atoms with Gasteiger partial charge in [-0.05, 0) is 45.2 Å². The molecule has 2 nitrogen and oxygen atoms in total. The predicted octanol–water partition coefficient (Wildman–Crippen LogP) is 2.24. The number of hydrogen-bond donors (Lipinski definition) is 1. The van der Waals surface area contributed by atoms with Crippen molar-refractivity contribution in [1.29, 1.82) is 0 Å². The maximum atomic E-state index is 6.25. The standard InChI is InChI=1S/C12H26N2/c1-4-7-12(3,13)10-14-8-5-11(2)6-9-14/h11H,4-10,13H2,1-3H3. The van der Waals surface area contributed by atoms with Crippen molar-refractivity contribution in [3.05, 3.63) is 0 Å². The maximum Gasteiger partial charge on any atom is 0.0254 e. The summed E-state index contributed by atoms with van der Waals surface area (Å²) >= 11 is 0. The first kappa shape index (κ1) is 12.0. The molecule has 1 aliphatic heterocycles. The van der Waals surface area contributed by atoms with Gasteiger partial charge in [0.2, 0.25) is 0 Å². The average molecular weight is 198 g/mol. The number of piperidine rings is 1. The van der Waals surface area contributed by atoms with E-state index >= 15 is 0 Å². The fraction of sp³-hybridized carbons (Fsp3) is 1.00. The van der Waals surface area contributed by atoms with Crippen LogP contribution in [0.15, 0.2) is 0 Å². The SMILES string of the molecule is CCCC(C)(N)CN1CCC(C)CC1. The van der Waals surface area contributed by atoms with E-state index in [1.165, 1.54) is 32.4 Å². The van der Waals surface area contributed by atoms with E-state index < -0.39 is 0 Å². The van der Waals surface area contributed by atoms with Gasteiger partial charge >= 0.3 is 0 Å². The molecule has 2 heteroatoms. The second-order valence-corrected chi connectivity index (χ2v) is 5.36. The van der Waals surface area contributed by atoms with Gasteiger partial charge in [0.25, 0.3) is 0 Å². The van der Waals surface area contributed by atoms with E-state index in [0.29, 0.717) is 0 Å². The summed E-state index contributed by atoms with van der Waals surface area (Å²) in [6.07, 6.45) is 5.03. The minimum atomic E-state index is 0.0231. The first-order valence-corrected chi connectivity index (χ1v) is 6.05. The smallest absolute Gasteiger partial charge is 0.0254 e. The summed E-state index contributed by atoms with van der Waals surface area (Å²) in [7, 11) is 0. The van der Waals surface area contributed by atoms with Gasteiger partial charge in [0, 0.05) is 12.1 Å². The molecule has 84 valence electrons. The molecule has 1 aliphatic rings. The van der Waals surface area contributed by atoms with Crippen LogP contribution in [-0.2, 0) is 0 Å². The van der Waals surface area contributed by atoms with Gasteiger partial charge in [-0.3, -0.25) is 0 Å². The Balaban J connectivity index is 2.29. The first-order chi connectivity index (χ1) is 6.53. The van der Waals surface area contributed by atoms with E-state index in [1.54, 1.807) is 0 Å². The number of likely N-dealkylation sites (tertiary alicyclic amines) is 1. The lowest BCUT2D eigenvalue weighted by atomic mass is 9.93. The van der Waals surface area contributed by atoms with Crippen LogP contribution in [0.25, 0.3) is 0 Å². The van der Waals surface area contributed by atoms with Crippen LogP contribution in [-0.4, -0.2) is 30.1 Å². The molecule has 1 atom stereocenters. The Morgan fingerprint density at radius 1 is 1.36 bits per heavy atom. The molecule has 1 rings (SSSR count). The molecule has 0 aromatic rings. The third-order valence-electron chi connectivity index (χ3n) is 3.28. The fourth-order valence-electron chi connectivity index (χ4n) is 2.38. The number of rotatable bonds is 4. The van der Waals surface area contributed by atoms with Gasteiger partial charge in [0.15, 0.2) is 0 Å². The minimum absolute atomic E-state index is 0.0231. The Bertz CT molecular complexity index is 158. The summed E-state index contributed by atoms with van der Waals surface area (Å²) in [6, 6.07) is 0. The molecular weight excluding hydrogens is 172 g/mol. The molecule has 0 spiro atoms. The summed E-state index contributed by atoms with van der Waals surface area (Å²) in [6.45, 7) is 10.3. The highest BCUT2D eigenvalue weighted by Crippen LogP contribution is 2.19. The highest BCUT2D eigenvalue weighted by atomic mass is 15.1. The molecule has 1 saturated heterocycles. The number of hydrogen-bond acceptors (Lipinski definition) is 2. The minimum Gasteiger partial charge on any atom is -0.324 e. The Labute approximate surface area is 88.8 Å². The summed E-state index contributed by atoms with van der Waals surface area (Å²) in [5, 5.41) is 0. The lowest BCUT2D eigenvalue weighted by Gasteiger charge is -2.36. The first-order valence-electron chi connectivity index (χ1n) is 6.05. The van der Waals surface area contributed by atoms with E-state index in [0.717, 1.165) is 18.9 Å². The zero-order valence-corrected chi connectivity index (χ0v) is 10.1. The van der Waals surface area contributed by atoms with Crippen molar-refractivity contribution in [1.82, 2.24) is 4.90 Å². The van der Waals surface area contributed by atoms with Crippen LogP contribution < -0.4 is 5.73 Å². The van der Waals surface area contributed by atoms with E-state index in [2.05, 4.69) is 25.7 Å². The Morgan fingerprint density at radius 3 is 2.43 bits per heavy atom. The molecule has 0 saturated carbocycles. The average Bonchev–Trinajstić information content (AvgIpc) is 2.08. The topological polar surface area (TPSA) is 29.3 Å². The molecule has 0 amide bonds. The van der Waals surface area contributed by atoms with Gasteiger partial charge in [-0.2, -0.15) is 0 Å². The normalized spacial score (nSPS) is 24.9. The van der Waals surface area contributed by atoms with Gasteiger partial charge in [0.1, 0.15) is 0 Å². The predicted molar refractivity (Wildman–Crippen MR) is 62.3 cm³/mol. The van der Waals surface area contributed by atoms with Crippen molar-refractivity contribution in [3.63, 3.8) is 0 Å². The molecule has 1 heterocycles. The molecule has 1 unspecified atom stereocenters. The van der Waals surface area contributed by atoms with E-state index in [-0.39, 0.29) is 5.54 Å². The van der Waals surface area contributed by atoms with Crippen LogP contribution in [0, 0.1) is 5.92 Å². The van der Waals surface area contributed by atoms with Gasteiger partial charge in [-0.15, -0.1) is 0 Å². The van der Waals surface area contributed by atoms with Crippen molar-refractivity contribution in [3.8, 4) is 0 Å². The van der Waals surface area contributed by atoms with Crippen LogP contribution in [0.2, 0.25) is 0 Å². The number of nitrogens with two attached hydrogens (primary N) is 1. The summed E-state index contributed by atoms with van der Waals surface area (Å²) in [5.41, 5.74) is 6.27. The van der Waals surface area contributed by atoms with Crippen molar-refractivity contribution >= 4 is 0 Å². The lowest BCUT2D eigenvalue weighted by Crippen LogP contribution is -2.49. The fourth-order valence-corrected chi connectivity index (χ4v) is 2.38. The molecule has 14 heavy (non-hydrogen) atoms. The molecular formula is C12H26N2. The van der Waals surface area contributed by atoms with Crippen LogP contribution in [0.3, 0.4) is 0 Å². The van der Waals surface area contributed by atoms with E-state index in [1.807, 2.05) is 0 Å². The zero-order chi connectivity index (χ0) is 10.6. The Hall–Kier alpha value is -0.0800. The lowest BCUT2D eigenvalue weighted by molar-refractivity contribution is 0.154.